The number of hydrogen-bond acceptors (Lipinski definition) is 3. The molecule has 21 heavy (non-hydrogen) atoms. The second kappa shape index (κ2) is 5.54. The minimum Gasteiger partial charge on any atom is -0.302 e. The molecular weight excluding hydrogens is 276 g/mol. The highest BCUT2D eigenvalue weighted by molar-refractivity contribution is 7.09. The number of thiazole rings is 1. The van der Waals surface area contributed by atoms with E-state index in [4.69, 9.17) is 0 Å². The van der Waals surface area contributed by atoms with E-state index in [1.807, 2.05) is 6.20 Å². The summed E-state index contributed by atoms with van der Waals surface area (Å²) >= 11 is 1.77. The molecular formula is C18H24N2S. The summed E-state index contributed by atoms with van der Waals surface area (Å²) in [5.41, 5.74) is 3.03. The van der Waals surface area contributed by atoms with Crippen molar-refractivity contribution in [3.63, 3.8) is 0 Å². The average molecular weight is 300 g/mol. The highest BCUT2D eigenvalue weighted by atomic mass is 32.1. The minimum absolute atomic E-state index is 0.101. The Morgan fingerprint density at radius 2 is 1.95 bits per heavy atom. The van der Waals surface area contributed by atoms with Gasteiger partial charge in [-0.2, -0.15) is 0 Å². The van der Waals surface area contributed by atoms with E-state index in [1.165, 1.54) is 22.6 Å². The summed E-state index contributed by atoms with van der Waals surface area (Å²) in [5.74, 6) is 0. The molecule has 0 aliphatic heterocycles. The lowest BCUT2D eigenvalue weighted by Crippen LogP contribution is -2.49. The molecule has 1 atom stereocenters. The molecule has 0 amide bonds. The van der Waals surface area contributed by atoms with E-state index >= 15 is 0 Å². The zero-order valence-corrected chi connectivity index (χ0v) is 14.0. The van der Waals surface area contributed by atoms with Crippen LogP contribution in [0.25, 0.3) is 0 Å². The average Bonchev–Trinajstić information content (AvgIpc) is 3.02. The van der Waals surface area contributed by atoms with E-state index in [2.05, 4.69) is 60.7 Å². The van der Waals surface area contributed by atoms with E-state index in [9.17, 15) is 0 Å². The third kappa shape index (κ3) is 2.43. The molecule has 3 rings (SSSR count). The molecule has 0 bridgehead atoms. The maximum atomic E-state index is 4.67. The lowest BCUT2D eigenvalue weighted by molar-refractivity contribution is 0.284. The van der Waals surface area contributed by atoms with Crippen molar-refractivity contribution in [3.8, 4) is 0 Å². The number of hydrogen-bond donors (Lipinski definition) is 1. The number of benzene rings is 1. The maximum Gasteiger partial charge on any atom is 0.117 e. The predicted molar refractivity (Wildman–Crippen MR) is 89.9 cm³/mol. The van der Waals surface area contributed by atoms with Crippen LogP contribution in [0.15, 0.2) is 35.8 Å². The van der Waals surface area contributed by atoms with Crippen LogP contribution >= 0.6 is 11.3 Å². The fourth-order valence-corrected chi connectivity index (χ4v) is 4.33. The number of nitrogens with zero attached hydrogens (tertiary/aromatic N) is 1. The Balaban J connectivity index is 2.17. The Labute approximate surface area is 131 Å². The first-order valence-corrected chi connectivity index (χ1v) is 8.73. The van der Waals surface area contributed by atoms with Crippen molar-refractivity contribution in [1.82, 2.24) is 10.3 Å². The molecule has 1 aliphatic rings. The number of nitrogens with one attached hydrogen (secondary N) is 1. The SMILES string of the molecule is CCCNC1(c2nccs2)CCC(C)(C)c2ccccc21. The van der Waals surface area contributed by atoms with Gasteiger partial charge in [0.25, 0.3) is 0 Å². The van der Waals surface area contributed by atoms with Gasteiger partial charge in [0.1, 0.15) is 5.01 Å². The summed E-state index contributed by atoms with van der Waals surface area (Å²) in [6, 6.07) is 8.92. The quantitative estimate of drug-likeness (QED) is 0.902. The highest BCUT2D eigenvalue weighted by Gasteiger charge is 2.44. The lowest BCUT2D eigenvalue weighted by Gasteiger charge is -2.45. The van der Waals surface area contributed by atoms with Gasteiger partial charge in [0.05, 0.1) is 5.54 Å². The molecule has 0 spiro atoms. The second-order valence-corrected chi connectivity index (χ2v) is 7.49. The van der Waals surface area contributed by atoms with Crippen LogP contribution in [0, 0.1) is 0 Å². The van der Waals surface area contributed by atoms with Crippen LogP contribution in [-0.4, -0.2) is 11.5 Å². The normalized spacial score (nSPS) is 23.8. The zero-order valence-electron chi connectivity index (χ0n) is 13.1. The third-order valence-electron chi connectivity index (χ3n) is 4.72. The highest BCUT2D eigenvalue weighted by Crippen LogP contribution is 2.48. The Morgan fingerprint density at radius 3 is 2.62 bits per heavy atom. The molecule has 0 saturated heterocycles. The molecule has 0 saturated carbocycles. The first-order valence-electron chi connectivity index (χ1n) is 7.85. The molecule has 0 radical (unpaired) electrons. The molecule has 2 nitrogen and oxygen atoms in total. The fourth-order valence-electron chi connectivity index (χ4n) is 3.47. The molecule has 1 N–H and O–H groups in total. The number of rotatable bonds is 4. The van der Waals surface area contributed by atoms with Gasteiger partial charge in [0.2, 0.25) is 0 Å². The Kier molecular flexibility index (Phi) is 3.89. The molecule has 1 aromatic heterocycles. The van der Waals surface area contributed by atoms with Crippen molar-refractivity contribution < 1.29 is 0 Å². The zero-order chi connectivity index (χ0) is 14.9. The van der Waals surface area contributed by atoms with E-state index in [1.54, 1.807) is 11.3 Å². The van der Waals surface area contributed by atoms with E-state index in [-0.39, 0.29) is 11.0 Å². The van der Waals surface area contributed by atoms with Crippen molar-refractivity contribution in [2.45, 2.75) is 51.0 Å². The van der Waals surface area contributed by atoms with Gasteiger partial charge in [-0.3, -0.25) is 0 Å². The molecule has 1 aromatic carbocycles. The Morgan fingerprint density at radius 1 is 1.19 bits per heavy atom. The monoisotopic (exact) mass is 300 g/mol. The van der Waals surface area contributed by atoms with E-state index in [0.29, 0.717) is 0 Å². The van der Waals surface area contributed by atoms with Gasteiger partial charge in [0.15, 0.2) is 0 Å². The minimum atomic E-state index is -0.101. The van der Waals surface area contributed by atoms with Crippen molar-refractivity contribution in [2.75, 3.05) is 6.54 Å². The maximum absolute atomic E-state index is 4.67. The van der Waals surface area contributed by atoms with Gasteiger partial charge in [-0.1, -0.05) is 45.0 Å². The Bertz CT molecular complexity index is 603. The molecule has 112 valence electrons. The van der Waals surface area contributed by atoms with Crippen LogP contribution in [0.2, 0.25) is 0 Å². The summed E-state index contributed by atoms with van der Waals surface area (Å²) in [5, 5.41) is 7.13. The smallest absolute Gasteiger partial charge is 0.117 e. The van der Waals surface area contributed by atoms with Crippen molar-refractivity contribution >= 4 is 11.3 Å². The molecule has 1 heterocycles. The standard InChI is InChI=1S/C18H24N2S/c1-4-11-20-18(16-19-12-13-21-16)10-9-17(2,3)14-7-5-6-8-15(14)18/h5-8,12-13,20H,4,9-11H2,1-3H3. The van der Waals surface area contributed by atoms with Crippen molar-refractivity contribution in [2.24, 2.45) is 0 Å². The summed E-state index contributed by atoms with van der Waals surface area (Å²) in [4.78, 5) is 4.67. The van der Waals surface area contributed by atoms with Gasteiger partial charge in [-0.25, -0.2) is 4.98 Å². The largest absolute Gasteiger partial charge is 0.302 e. The van der Waals surface area contributed by atoms with Gasteiger partial charge in [-0.05, 0) is 42.3 Å². The van der Waals surface area contributed by atoms with Crippen LogP contribution in [0.3, 0.4) is 0 Å². The molecule has 2 aromatic rings. The first kappa shape index (κ1) is 14.7. The third-order valence-corrected chi connectivity index (χ3v) is 5.65. The van der Waals surface area contributed by atoms with Gasteiger partial charge in [0, 0.05) is 11.6 Å². The van der Waals surface area contributed by atoms with Crippen LogP contribution in [-0.2, 0) is 11.0 Å². The van der Waals surface area contributed by atoms with Gasteiger partial charge < -0.3 is 5.32 Å². The van der Waals surface area contributed by atoms with Crippen LogP contribution in [0.4, 0.5) is 0 Å². The van der Waals surface area contributed by atoms with Crippen molar-refractivity contribution in [3.05, 3.63) is 52.0 Å². The second-order valence-electron chi connectivity index (χ2n) is 6.60. The summed E-state index contributed by atoms with van der Waals surface area (Å²) in [6.07, 6.45) is 5.36. The molecule has 3 heteroatoms. The van der Waals surface area contributed by atoms with Gasteiger partial charge >= 0.3 is 0 Å². The van der Waals surface area contributed by atoms with Crippen molar-refractivity contribution in [1.29, 1.82) is 0 Å². The van der Waals surface area contributed by atoms with Crippen LogP contribution in [0.5, 0.6) is 0 Å². The van der Waals surface area contributed by atoms with Crippen LogP contribution < -0.4 is 5.32 Å². The van der Waals surface area contributed by atoms with Gasteiger partial charge in [-0.15, -0.1) is 11.3 Å². The topological polar surface area (TPSA) is 24.9 Å². The summed E-state index contributed by atoms with van der Waals surface area (Å²) in [6.45, 7) is 7.96. The molecule has 1 unspecified atom stereocenters. The van der Waals surface area contributed by atoms with Crippen LogP contribution in [0.1, 0.15) is 56.2 Å². The Hall–Kier alpha value is -1.19. The first-order chi connectivity index (χ1) is 10.1. The number of aromatic nitrogens is 1. The predicted octanol–water partition coefficient (Wildman–Crippen LogP) is 4.46. The summed E-state index contributed by atoms with van der Waals surface area (Å²) in [7, 11) is 0. The van der Waals surface area contributed by atoms with E-state index < -0.39 is 0 Å². The fraction of sp³-hybridized carbons (Fsp3) is 0.500. The van der Waals surface area contributed by atoms with E-state index in [0.717, 1.165) is 19.4 Å². The molecule has 1 aliphatic carbocycles. The number of fused-ring (bicyclic) bond motifs is 1. The lowest BCUT2D eigenvalue weighted by atomic mass is 9.65. The summed E-state index contributed by atoms with van der Waals surface area (Å²) < 4.78 is 0. The molecule has 0 fully saturated rings.